The van der Waals surface area contributed by atoms with Crippen molar-refractivity contribution >= 4 is 35.8 Å². The number of likely N-dealkylation sites (tertiary alicyclic amines) is 1. The zero-order valence-corrected chi connectivity index (χ0v) is 19.7. The van der Waals surface area contributed by atoms with Crippen LogP contribution in [0.2, 0.25) is 0 Å². The summed E-state index contributed by atoms with van der Waals surface area (Å²) in [6, 6.07) is 5.78. The van der Waals surface area contributed by atoms with Gasteiger partial charge in [-0.3, -0.25) is 9.79 Å². The third-order valence-electron chi connectivity index (χ3n) is 4.87. The van der Waals surface area contributed by atoms with E-state index < -0.39 is 0 Å². The highest BCUT2D eigenvalue weighted by atomic mass is 127. The second-order valence-electron chi connectivity index (χ2n) is 6.69. The zero-order valence-electron chi connectivity index (χ0n) is 17.4. The monoisotopic (exact) mass is 514 g/mol. The largest absolute Gasteiger partial charge is 0.493 e. The van der Waals surface area contributed by atoms with Crippen LogP contribution in [0.25, 0.3) is 0 Å². The topological polar surface area (TPSA) is 75.2 Å². The van der Waals surface area contributed by atoms with E-state index >= 15 is 0 Å². The van der Waals surface area contributed by atoms with E-state index in [0.29, 0.717) is 30.4 Å². The Hall–Kier alpha value is -2.15. The number of piperidine rings is 1. The fourth-order valence-electron chi connectivity index (χ4n) is 3.29. The lowest BCUT2D eigenvalue weighted by atomic mass is 9.93. The Balaban J connectivity index is 0.00000420. The predicted octanol–water partition coefficient (Wildman–Crippen LogP) is 2.25. The number of terminal acetylenes is 1. The molecule has 1 aromatic carbocycles. The lowest BCUT2D eigenvalue weighted by molar-refractivity contribution is -0.121. The minimum atomic E-state index is 0. The Morgan fingerprint density at radius 3 is 2.66 bits per heavy atom. The molecule has 7 nitrogen and oxygen atoms in total. The number of amides is 1. The number of hydrogen-bond acceptors (Lipinski definition) is 4. The van der Waals surface area contributed by atoms with Crippen LogP contribution in [0.3, 0.4) is 0 Å². The molecule has 1 saturated heterocycles. The highest BCUT2D eigenvalue weighted by molar-refractivity contribution is 14.0. The van der Waals surface area contributed by atoms with Crippen LogP contribution in [0.15, 0.2) is 23.2 Å². The quantitative estimate of drug-likeness (QED) is 0.253. The lowest BCUT2D eigenvalue weighted by Crippen LogP contribution is -2.45. The molecule has 0 saturated carbocycles. The molecule has 1 heterocycles. The lowest BCUT2D eigenvalue weighted by Gasteiger charge is -2.34. The molecule has 1 aliphatic rings. The first-order valence-electron chi connectivity index (χ1n) is 9.50. The summed E-state index contributed by atoms with van der Waals surface area (Å²) in [5, 5.41) is 6.11. The number of carbonyl (C=O) groups excluding carboxylic acids is 1. The maximum Gasteiger partial charge on any atom is 0.220 e. The summed E-state index contributed by atoms with van der Waals surface area (Å²) in [5.74, 6) is 5.16. The van der Waals surface area contributed by atoms with E-state index in [4.69, 9.17) is 15.9 Å². The van der Waals surface area contributed by atoms with Gasteiger partial charge in [0, 0.05) is 40.2 Å². The van der Waals surface area contributed by atoms with Gasteiger partial charge >= 0.3 is 0 Å². The van der Waals surface area contributed by atoms with Gasteiger partial charge in [-0.05, 0) is 36.5 Å². The van der Waals surface area contributed by atoms with Crippen LogP contribution in [-0.2, 0) is 11.3 Å². The summed E-state index contributed by atoms with van der Waals surface area (Å²) in [4.78, 5) is 18.2. The standard InChI is InChI=1S/C21H30N4O3.HI/c1-5-12-28-19-13-17(6-7-18(19)27-4)15-24-21(23-3)25-10-8-16(9-11-25)14-20(26)22-2;/h1,6-7,13,16H,8-12,14-15H2,2-4H3,(H,22,26)(H,23,24);1H. The van der Waals surface area contributed by atoms with Gasteiger partial charge in [-0.25, -0.2) is 0 Å². The van der Waals surface area contributed by atoms with Gasteiger partial charge in [0.05, 0.1) is 7.11 Å². The number of aliphatic imine (C=N–C) groups is 1. The van der Waals surface area contributed by atoms with Crippen LogP contribution in [0.5, 0.6) is 11.5 Å². The molecule has 1 aliphatic heterocycles. The average Bonchev–Trinajstić information content (AvgIpc) is 2.73. The summed E-state index contributed by atoms with van der Waals surface area (Å²) in [6.07, 6.45) is 7.85. The van der Waals surface area contributed by atoms with Crippen molar-refractivity contribution in [2.24, 2.45) is 10.9 Å². The third-order valence-corrected chi connectivity index (χ3v) is 4.87. The van der Waals surface area contributed by atoms with Crippen LogP contribution in [-0.4, -0.2) is 57.7 Å². The van der Waals surface area contributed by atoms with Gasteiger partial charge in [-0.1, -0.05) is 12.0 Å². The number of benzene rings is 1. The molecular formula is C21H31IN4O3. The molecule has 0 unspecified atom stereocenters. The van der Waals surface area contributed by atoms with Gasteiger partial charge < -0.3 is 25.0 Å². The molecule has 29 heavy (non-hydrogen) atoms. The van der Waals surface area contributed by atoms with Crippen molar-refractivity contribution in [3.05, 3.63) is 23.8 Å². The van der Waals surface area contributed by atoms with Gasteiger partial charge in [0.15, 0.2) is 17.5 Å². The summed E-state index contributed by atoms with van der Waals surface area (Å²) >= 11 is 0. The van der Waals surface area contributed by atoms with Gasteiger partial charge in [-0.15, -0.1) is 30.4 Å². The Morgan fingerprint density at radius 2 is 2.07 bits per heavy atom. The van der Waals surface area contributed by atoms with E-state index in [9.17, 15) is 4.79 Å². The molecule has 0 spiro atoms. The van der Waals surface area contributed by atoms with E-state index in [1.54, 1.807) is 21.2 Å². The normalized spacial score (nSPS) is 14.4. The molecule has 0 atom stereocenters. The number of nitrogens with zero attached hydrogens (tertiary/aromatic N) is 2. The molecule has 1 aromatic rings. The zero-order chi connectivity index (χ0) is 20.4. The number of ether oxygens (including phenoxy) is 2. The molecule has 2 rings (SSSR count). The number of halogens is 1. The molecule has 0 aliphatic carbocycles. The molecule has 2 N–H and O–H groups in total. The third kappa shape index (κ3) is 7.65. The molecule has 1 fully saturated rings. The van der Waals surface area contributed by atoms with Crippen LogP contribution in [0, 0.1) is 18.3 Å². The molecule has 160 valence electrons. The number of nitrogens with one attached hydrogen (secondary N) is 2. The van der Waals surface area contributed by atoms with Crippen LogP contribution < -0.4 is 20.1 Å². The first-order chi connectivity index (χ1) is 13.6. The highest BCUT2D eigenvalue weighted by Crippen LogP contribution is 2.28. The first kappa shape index (κ1) is 24.9. The smallest absolute Gasteiger partial charge is 0.220 e. The van der Waals surface area contributed by atoms with Crippen LogP contribution in [0.4, 0.5) is 0 Å². The Kier molecular flexibility index (Phi) is 11.3. The van der Waals surface area contributed by atoms with Crippen molar-refractivity contribution in [1.82, 2.24) is 15.5 Å². The Morgan fingerprint density at radius 1 is 1.34 bits per heavy atom. The maximum atomic E-state index is 11.6. The number of hydrogen-bond donors (Lipinski definition) is 2. The number of methoxy groups -OCH3 is 1. The second kappa shape index (κ2) is 13.1. The van der Waals surface area contributed by atoms with E-state index in [1.807, 2.05) is 18.2 Å². The summed E-state index contributed by atoms with van der Waals surface area (Å²) in [5.41, 5.74) is 1.04. The van der Waals surface area contributed by atoms with E-state index in [-0.39, 0.29) is 36.5 Å². The summed E-state index contributed by atoms with van der Waals surface area (Å²) < 4.78 is 10.9. The minimum Gasteiger partial charge on any atom is -0.493 e. The van der Waals surface area contributed by atoms with Crippen LogP contribution in [0.1, 0.15) is 24.8 Å². The fraction of sp³-hybridized carbons (Fsp3) is 0.524. The van der Waals surface area contributed by atoms with E-state index in [1.165, 1.54) is 0 Å². The molecular weight excluding hydrogens is 483 g/mol. The highest BCUT2D eigenvalue weighted by Gasteiger charge is 2.23. The number of guanidine groups is 1. The molecule has 0 radical (unpaired) electrons. The van der Waals surface area contributed by atoms with Gasteiger partial charge in [-0.2, -0.15) is 0 Å². The summed E-state index contributed by atoms with van der Waals surface area (Å²) in [6.45, 7) is 2.59. The SMILES string of the molecule is C#CCOc1cc(CNC(=NC)N2CCC(CC(=O)NC)CC2)ccc1OC.I. The summed E-state index contributed by atoms with van der Waals surface area (Å²) in [7, 11) is 5.07. The predicted molar refractivity (Wildman–Crippen MR) is 126 cm³/mol. The number of carbonyl (C=O) groups is 1. The molecule has 1 amide bonds. The Labute approximate surface area is 190 Å². The first-order valence-corrected chi connectivity index (χ1v) is 9.50. The van der Waals surface area contributed by atoms with Crippen molar-refractivity contribution in [3.8, 4) is 23.8 Å². The van der Waals surface area contributed by atoms with Crippen molar-refractivity contribution in [2.45, 2.75) is 25.8 Å². The van der Waals surface area contributed by atoms with Crippen molar-refractivity contribution < 1.29 is 14.3 Å². The molecule has 0 bridgehead atoms. The second-order valence-corrected chi connectivity index (χ2v) is 6.69. The van der Waals surface area contributed by atoms with Gasteiger partial charge in [0.2, 0.25) is 5.91 Å². The van der Waals surface area contributed by atoms with Crippen molar-refractivity contribution in [1.29, 1.82) is 0 Å². The fourth-order valence-corrected chi connectivity index (χ4v) is 3.29. The number of rotatable bonds is 7. The maximum absolute atomic E-state index is 11.6. The van der Waals surface area contributed by atoms with Crippen LogP contribution >= 0.6 is 24.0 Å². The van der Waals surface area contributed by atoms with Gasteiger partial charge in [0.25, 0.3) is 0 Å². The van der Waals surface area contributed by atoms with Crippen molar-refractivity contribution in [3.63, 3.8) is 0 Å². The van der Waals surface area contributed by atoms with Gasteiger partial charge in [0.1, 0.15) is 6.61 Å². The average molecular weight is 514 g/mol. The molecule has 0 aromatic heterocycles. The molecule has 8 heteroatoms. The van der Waals surface area contributed by atoms with E-state index in [0.717, 1.165) is 37.5 Å². The van der Waals surface area contributed by atoms with E-state index in [2.05, 4.69) is 26.4 Å². The minimum absolute atomic E-state index is 0. The van der Waals surface area contributed by atoms with Crippen molar-refractivity contribution in [2.75, 3.05) is 40.9 Å². The Bertz CT molecular complexity index is 725.